The van der Waals surface area contributed by atoms with Gasteiger partial charge in [0, 0.05) is 16.8 Å². The summed E-state index contributed by atoms with van der Waals surface area (Å²) in [7, 11) is 0. The molecule has 2 nitrogen and oxygen atoms in total. The Bertz CT molecular complexity index is 635. The van der Waals surface area contributed by atoms with Gasteiger partial charge in [0.25, 0.3) is 0 Å². The third-order valence-corrected chi connectivity index (χ3v) is 4.37. The maximum absolute atomic E-state index is 6.04. The predicted octanol–water partition coefficient (Wildman–Crippen LogP) is 5.72. The van der Waals surface area contributed by atoms with Gasteiger partial charge in [-0.25, -0.2) is 0 Å². The van der Waals surface area contributed by atoms with Crippen molar-refractivity contribution in [3.8, 4) is 0 Å². The first kappa shape index (κ1) is 16.8. The SMILES string of the molecule is C/C1=C(\C)c2nc(C)cc(C(C)C)c2/C(C(C)C)=C\[C@@H](C)O1. The van der Waals surface area contributed by atoms with E-state index < -0.39 is 0 Å². The molecule has 0 saturated carbocycles. The van der Waals surface area contributed by atoms with Crippen molar-refractivity contribution in [3.05, 3.63) is 40.4 Å². The van der Waals surface area contributed by atoms with E-state index in [-0.39, 0.29) is 6.10 Å². The summed E-state index contributed by atoms with van der Waals surface area (Å²) in [4.78, 5) is 4.87. The van der Waals surface area contributed by atoms with E-state index in [1.165, 1.54) is 16.7 Å². The summed E-state index contributed by atoms with van der Waals surface area (Å²) in [5.74, 6) is 1.89. The molecule has 0 fully saturated rings. The summed E-state index contributed by atoms with van der Waals surface area (Å²) < 4.78 is 6.04. The molecule has 1 aromatic heterocycles. The van der Waals surface area contributed by atoms with Crippen molar-refractivity contribution in [2.24, 2.45) is 5.92 Å². The van der Waals surface area contributed by atoms with Crippen LogP contribution in [0, 0.1) is 12.8 Å². The number of allylic oxidation sites excluding steroid dienone is 3. The molecule has 1 aliphatic heterocycles. The number of nitrogens with zero attached hydrogens (tertiary/aromatic N) is 1. The van der Waals surface area contributed by atoms with Crippen LogP contribution < -0.4 is 0 Å². The zero-order chi connectivity index (χ0) is 16.6. The highest BCUT2D eigenvalue weighted by Gasteiger charge is 2.24. The summed E-state index contributed by atoms with van der Waals surface area (Å²) in [5, 5.41) is 0. The van der Waals surface area contributed by atoms with Gasteiger partial charge in [-0.3, -0.25) is 4.98 Å². The third-order valence-electron chi connectivity index (χ3n) is 4.37. The van der Waals surface area contributed by atoms with Gasteiger partial charge in [0.2, 0.25) is 0 Å². The van der Waals surface area contributed by atoms with E-state index in [1.54, 1.807) is 0 Å². The number of aryl methyl sites for hydroxylation is 1. The lowest BCUT2D eigenvalue weighted by atomic mass is 9.83. The van der Waals surface area contributed by atoms with Gasteiger partial charge in [0.15, 0.2) is 0 Å². The van der Waals surface area contributed by atoms with Gasteiger partial charge in [-0.1, -0.05) is 27.7 Å². The summed E-state index contributed by atoms with van der Waals surface area (Å²) in [6.07, 6.45) is 2.35. The molecule has 1 aromatic rings. The molecule has 0 spiro atoms. The second kappa shape index (κ2) is 6.28. The lowest BCUT2D eigenvalue weighted by Crippen LogP contribution is -2.15. The third kappa shape index (κ3) is 3.11. The maximum atomic E-state index is 6.04. The average Bonchev–Trinajstić information content (AvgIpc) is 2.42. The first-order valence-corrected chi connectivity index (χ1v) is 8.30. The molecule has 0 N–H and O–H groups in total. The van der Waals surface area contributed by atoms with Gasteiger partial charge in [0.1, 0.15) is 6.10 Å². The van der Waals surface area contributed by atoms with E-state index in [1.807, 2.05) is 6.92 Å². The zero-order valence-corrected chi connectivity index (χ0v) is 15.2. The maximum Gasteiger partial charge on any atom is 0.114 e. The fourth-order valence-corrected chi connectivity index (χ4v) is 3.11. The van der Waals surface area contributed by atoms with Crippen LogP contribution in [-0.4, -0.2) is 11.1 Å². The Balaban J connectivity index is 2.89. The van der Waals surface area contributed by atoms with Crippen LogP contribution in [0.5, 0.6) is 0 Å². The zero-order valence-electron chi connectivity index (χ0n) is 15.2. The number of pyridine rings is 1. The van der Waals surface area contributed by atoms with Crippen molar-refractivity contribution in [2.45, 2.75) is 67.4 Å². The van der Waals surface area contributed by atoms with Crippen LogP contribution in [0.3, 0.4) is 0 Å². The van der Waals surface area contributed by atoms with Crippen LogP contribution in [0.25, 0.3) is 11.1 Å². The number of hydrogen-bond acceptors (Lipinski definition) is 2. The highest BCUT2D eigenvalue weighted by Crippen LogP contribution is 2.38. The Labute approximate surface area is 135 Å². The van der Waals surface area contributed by atoms with Crippen molar-refractivity contribution in [2.75, 3.05) is 0 Å². The second-order valence-electron chi connectivity index (χ2n) is 7.01. The molecule has 0 radical (unpaired) electrons. The number of fused-ring (bicyclic) bond motifs is 1. The van der Waals surface area contributed by atoms with Gasteiger partial charge in [-0.15, -0.1) is 0 Å². The molecule has 120 valence electrons. The molecule has 2 rings (SSSR count). The van der Waals surface area contributed by atoms with Crippen molar-refractivity contribution < 1.29 is 4.74 Å². The Morgan fingerprint density at radius 3 is 2.23 bits per heavy atom. The standard InChI is InChI=1S/C20H29NO/c1-11(2)17-9-13(5)21-20-15(7)16(8)22-14(6)10-18(12(3)4)19(17)20/h9-12,14H,1-8H3/b16-15-,18-10-/t14-/m1/s1. The smallest absolute Gasteiger partial charge is 0.114 e. The normalized spacial score (nSPS) is 24.5. The molecule has 2 heteroatoms. The minimum absolute atomic E-state index is 0.0850. The summed E-state index contributed by atoms with van der Waals surface area (Å²) in [5.41, 5.74) is 7.38. The molecular formula is C20H29NO. The highest BCUT2D eigenvalue weighted by atomic mass is 16.5. The molecule has 0 bridgehead atoms. The molecule has 0 aromatic carbocycles. The number of aromatic nitrogens is 1. The Morgan fingerprint density at radius 2 is 1.68 bits per heavy atom. The monoisotopic (exact) mass is 299 g/mol. The Morgan fingerprint density at radius 1 is 1.05 bits per heavy atom. The van der Waals surface area contributed by atoms with Crippen molar-refractivity contribution in [1.29, 1.82) is 0 Å². The van der Waals surface area contributed by atoms with Gasteiger partial charge in [-0.05, 0) is 62.8 Å². The lowest BCUT2D eigenvalue weighted by Gasteiger charge is -2.27. The van der Waals surface area contributed by atoms with Crippen molar-refractivity contribution in [1.82, 2.24) is 4.98 Å². The van der Waals surface area contributed by atoms with Gasteiger partial charge in [0.05, 0.1) is 11.5 Å². The van der Waals surface area contributed by atoms with Crippen LogP contribution in [-0.2, 0) is 4.74 Å². The molecule has 0 unspecified atom stereocenters. The van der Waals surface area contributed by atoms with E-state index in [9.17, 15) is 0 Å². The van der Waals surface area contributed by atoms with Gasteiger partial charge < -0.3 is 4.74 Å². The van der Waals surface area contributed by atoms with Crippen LogP contribution in [0.1, 0.15) is 76.9 Å². The first-order valence-electron chi connectivity index (χ1n) is 8.30. The van der Waals surface area contributed by atoms with E-state index in [0.717, 1.165) is 22.7 Å². The van der Waals surface area contributed by atoms with Crippen LogP contribution in [0.2, 0.25) is 0 Å². The summed E-state index contributed by atoms with van der Waals surface area (Å²) >= 11 is 0. The minimum Gasteiger partial charge on any atom is -0.491 e. The van der Waals surface area contributed by atoms with E-state index in [0.29, 0.717) is 11.8 Å². The minimum atomic E-state index is 0.0850. The summed E-state index contributed by atoms with van der Waals surface area (Å²) in [6.45, 7) is 17.4. The highest BCUT2D eigenvalue weighted by molar-refractivity contribution is 5.81. The fraction of sp³-hybridized carbons (Fsp3) is 0.550. The molecule has 2 heterocycles. The van der Waals surface area contributed by atoms with Gasteiger partial charge in [-0.2, -0.15) is 0 Å². The van der Waals surface area contributed by atoms with Crippen molar-refractivity contribution >= 4 is 11.1 Å². The largest absolute Gasteiger partial charge is 0.491 e. The molecule has 0 amide bonds. The number of rotatable bonds is 2. The predicted molar refractivity (Wildman–Crippen MR) is 94.7 cm³/mol. The van der Waals surface area contributed by atoms with Crippen molar-refractivity contribution in [3.63, 3.8) is 0 Å². The first-order chi connectivity index (χ1) is 10.2. The average molecular weight is 299 g/mol. The lowest BCUT2D eigenvalue weighted by molar-refractivity contribution is 0.173. The fourth-order valence-electron chi connectivity index (χ4n) is 3.11. The molecule has 1 atom stereocenters. The van der Waals surface area contributed by atoms with E-state index >= 15 is 0 Å². The van der Waals surface area contributed by atoms with Crippen LogP contribution in [0.15, 0.2) is 17.9 Å². The molecule has 0 aliphatic carbocycles. The summed E-state index contributed by atoms with van der Waals surface area (Å²) in [6, 6.07) is 2.25. The topological polar surface area (TPSA) is 22.1 Å². The number of hydrogen-bond donors (Lipinski definition) is 0. The van der Waals surface area contributed by atoms with E-state index in [2.05, 4.69) is 60.6 Å². The Hall–Kier alpha value is -1.57. The molecule has 22 heavy (non-hydrogen) atoms. The Kier molecular flexibility index (Phi) is 4.79. The molecule has 0 saturated heterocycles. The number of ether oxygens (including phenoxy) is 1. The van der Waals surface area contributed by atoms with Crippen LogP contribution >= 0.6 is 0 Å². The van der Waals surface area contributed by atoms with Gasteiger partial charge >= 0.3 is 0 Å². The van der Waals surface area contributed by atoms with Crippen LogP contribution in [0.4, 0.5) is 0 Å². The quantitative estimate of drug-likeness (QED) is 0.696. The molecule has 1 aliphatic rings. The molecular weight excluding hydrogens is 270 g/mol. The van der Waals surface area contributed by atoms with E-state index in [4.69, 9.17) is 9.72 Å². The second-order valence-corrected chi connectivity index (χ2v) is 7.01.